The Labute approximate surface area is 184 Å². The Kier molecular flexibility index (Phi) is 10.9. The van der Waals surface area contributed by atoms with E-state index in [0.29, 0.717) is 38.4 Å². The molecule has 0 spiro atoms. The standard InChI is InChI=1S/C23H34ClN3O3/c1-3-30-15-4-6-21-18(16-17-7-10-19(24)11-8-17)9-12-20(22(25-2)27-21)23(29)26-13-5-14-28/h7-8,10-11,20,28H,3-6,9,12-16H2,1-2H3,(H,25,27)(H,26,29). The Hall–Kier alpha value is -1.89. The third-order valence-corrected chi connectivity index (χ3v) is 5.46. The number of aliphatic hydroxyl groups is 1. The molecule has 30 heavy (non-hydrogen) atoms. The maximum atomic E-state index is 12.7. The van der Waals surface area contributed by atoms with E-state index in [0.717, 1.165) is 36.4 Å². The summed E-state index contributed by atoms with van der Waals surface area (Å²) < 4.78 is 5.51. The van der Waals surface area contributed by atoms with E-state index in [1.54, 1.807) is 7.05 Å². The van der Waals surface area contributed by atoms with Crippen molar-refractivity contribution in [3.05, 3.63) is 46.1 Å². The van der Waals surface area contributed by atoms with Crippen LogP contribution in [0.25, 0.3) is 0 Å². The van der Waals surface area contributed by atoms with Crippen molar-refractivity contribution in [2.45, 2.75) is 45.4 Å². The summed E-state index contributed by atoms with van der Waals surface area (Å²) in [6.45, 7) is 3.95. The fourth-order valence-electron chi connectivity index (χ4n) is 3.60. The molecule has 3 N–H and O–H groups in total. The number of amides is 1. The number of ether oxygens (including phenoxy) is 1. The van der Waals surface area contributed by atoms with Gasteiger partial charge in [0.25, 0.3) is 0 Å². The SMILES string of the molecule is CCOCCCC1=C(Cc2ccc(Cl)cc2)CCC(C(=O)NCCCO)C(=NC)N1. The van der Waals surface area contributed by atoms with Gasteiger partial charge in [-0.1, -0.05) is 23.7 Å². The normalized spacial score (nSPS) is 18.3. The Balaban J connectivity index is 2.18. The molecule has 0 aliphatic carbocycles. The van der Waals surface area contributed by atoms with E-state index in [1.165, 1.54) is 11.1 Å². The first-order chi connectivity index (χ1) is 14.6. The minimum Gasteiger partial charge on any atom is -0.396 e. The van der Waals surface area contributed by atoms with Gasteiger partial charge in [-0.2, -0.15) is 0 Å². The van der Waals surface area contributed by atoms with Crippen molar-refractivity contribution in [3.63, 3.8) is 0 Å². The van der Waals surface area contributed by atoms with Crippen molar-refractivity contribution in [2.24, 2.45) is 10.9 Å². The van der Waals surface area contributed by atoms with E-state index < -0.39 is 0 Å². The van der Waals surface area contributed by atoms with Gasteiger partial charge in [0.05, 0.1) is 5.92 Å². The predicted octanol–water partition coefficient (Wildman–Crippen LogP) is 3.48. The molecule has 6 nitrogen and oxygen atoms in total. The van der Waals surface area contributed by atoms with Gasteiger partial charge in [-0.05, 0) is 68.7 Å². The van der Waals surface area contributed by atoms with Crippen molar-refractivity contribution in [2.75, 3.05) is 33.4 Å². The fraction of sp³-hybridized carbons (Fsp3) is 0.565. The number of hydrogen-bond acceptors (Lipinski definition) is 4. The number of allylic oxidation sites excluding steroid dienone is 2. The Morgan fingerprint density at radius 1 is 1.33 bits per heavy atom. The number of nitrogens with one attached hydrogen (secondary N) is 2. The number of amidine groups is 1. The number of rotatable bonds is 11. The van der Waals surface area contributed by atoms with Crippen LogP contribution in [0.3, 0.4) is 0 Å². The number of nitrogens with zero attached hydrogens (tertiary/aromatic N) is 1. The lowest BCUT2D eigenvalue weighted by molar-refractivity contribution is -0.123. The molecule has 166 valence electrons. The molecular formula is C23H34ClN3O3. The van der Waals surface area contributed by atoms with E-state index in [1.807, 2.05) is 31.2 Å². The number of carbonyl (C=O) groups is 1. The van der Waals surface area contributed by atoms with E-state index in [2.05, 4.69) is 15.6 Å². The number of benzene rings is 1. The van der Waals surface area contributed by atoms with Gasteiger partial charge in [-0.3, -0.25) is 9.79 Å². The van der Waals surface area contributed by atoms with Gasteiger partial charge in [0, 0.05) is 44.1 Å². The lowest BCUT2D eigenvalue weighted by Crippen LogP contribution is -2.40. The first-order valence-electron chi connectivity index (χ1n) is 10.7. The number of halogens is 1. The number of hydrogen-bond donors (Lipinski definition) is 3. The van der Waals surface area contributed by atoms with Crippen LogP contribution < -0.4 is 10.6 Å². The first-order valence-corrected chi connectivity index (χ1v) is 11.1. The van der Waals surface area contributed by atoms with Gasteiger partial charge in [0.1, 0.15) is 5.84 Å². The van der Waals surface area contributed by atoms with Gasteiger partial charge in [-0.25, -0.2) is 0 Å². The summed E-state index contributed by atoms with van der Waals surface area (Å²) in [6, 6.07) is 7.91. The van der Waals surface area contributed by atoms with Gasteiger partial charge in [-0.15, -0.1) is 0 Å². The number of aliphatic hydroxyl groups excluding tert-OH is 1. The van der Waals surface area contributed by atoms with Gasteiger partial charge in [0.15, 0.2) is 0 Å². The van der Waals surface area contributed by atoms with Crippen LogP contribution in [-0.4, -0.2) is 50.3 Å². The molecule has 0 saturated heterocycles. The minimum atomic E-state index is -0.321. The molecule has 1 atom stereocenters. The molecule has 0 aromatic heterocycles. The van der Waals surface area contributed by atoms with Crippen LogP contribution in [0.15, 0.2) is 40.5 Å². The highest BCUT2D eigenvalue weighted by Gasteiger charge is 2.28. The molecule has 7 heteroatoms. The molecule has 1 heterocycles. The molecule has 2 rings (SSSR count). The van der Waals surface area contributed by atoms with Crippen LogP contribution in [0.4, 0.5) is 0 Å². The average molecular weight is 436 g/mol. The zero-order valence-electron chi connectivity index (χ0n) is 18.0. The van der Waals surface area contributed by atoms with Crippen molar-refractivity contribution in [3.8, 4) is 0 Å². The van der Waals surface area contributed by atoms with E-state index in [-0.39, 0.29) is 18.4 Å². The maximum absolute atomic E-state index is 12.7. The Morgan fingerprint density at radius 2 is 2.10 bits per heavy atom. The summed E-state index contributed by atoms with van der Waals surface area (Å²) in [5.74, 6) is 0.338. The van der Waals surface area contributed by atoms with Crippen LogP contribution in [-0.2, 0) is 16.0 Å². The van der Waals surface area contributed by atoms with Gasteiger partial charge < -0.3 is 20.5 Å². The topological polar surface area (TPSA) is 83.0 Å². The second-order valence-electron chi connectivity index (χ2n) is 7.38. The third-order valence-electron chi connectivity index (χ3n) is 5.21. The highest BCUT2D eigenvalue weighted by molar-refractivity contribution is 6.30. The molecule has 1 aromatic carbocycles. The summed E-state index contributed by atoms with van der Waals surface area (Å²) in [5, 5.41) is 16.1. The molecule has 1 aliphatic rings. The lowest BCUT2D eigenvalue weighted by Gasteiger charge is -2.18. The monoisotopic (exact) mass is 435 g/mol. The van der Waals surface area contributed by atoms with Crippen LogP contribution in [0.2, 0.25) is 5.02 Å². The van der Waals surface area contributed by atoms with Crippen molar-refractivity contribution in [1.82, 2.24) is 10.6 Å². The zero-order valence-corrected chi connectivity index (χ0v) is 18.8. The van der Waals surface area contributed by atoms with E-state index in [9.17, 15) is 4.79 Å². The van der Waals surface area contributed by atoms with Crippen LogP contribution in [0, 0.1) is 5.92 Å². The largest absolute Gasteiger partial charge is 0.396 e. The summed E-state index contributed by atoms with van der Waals surface area (Å²) in [4.78, 5) is 17.1. The quantitative estimate of drug-likeness (QED) is 0.465. The van der Waals surface area contributed by atoms with Crippen LogP contribution in [0.1, 0.15) is 44.6 Å². The molecule has 0 radical (unpaired) electrons. The highest BCUT2D eigenvalue weighted by Crippen LogP contribution is 2.26. The molecule has 1 aliphatic heterocycles. The molecule has 1 unspecified atom stereocenters. The number of carbonyl (C=O) groups excluding carboxylic acids is 1. The van der Waals surface area contributed by atoms with Crippen LogP contribution >= 0.6 is 11.6 Å². The smallest absolute Gasteiger partial charge is 0.230 e. The van der Waals surface area contributed by atoms with Crippen molar-refractivity contribution >= 4 is 23.3 Å². The summed E-state index contributed by atoms with van der Waals surface area (Å²) in [7, 11) is 1.72. The van der Waals surface area contributed by atoms with E-state index in [4.69, 9.17) is 21.4 Å². The average Bonchev–Trinajstić information content (AvgIpc) is 2.92. The van der Waals surface area contributed by atoms with Crippen LogP contribution in [0.5, 0.6) is 0 Å². The van der Waals surface area contributed by atoms with Gasteiger partial charge >= 0.3 is 0 Å². The second kappa shape index (κ2) is 13.4. The zero-order chi connectivity index (χ0) is 21.8. The number of aliphatic imine (C=N–C) groups is 1. The predicted molar refractivity (Wildman–Crippen MR) is 122 cm³/mol. The summed E-state index contributed by atoms with van der Waals surface area (Å²) in [5.41, 5.74) is 3.62. The fourth-order valence-corrected chi connectivity index (χ4v) is 3.72. The van der Waals surface area contributed by atoms with Crippen molar-refractivity contribution in [1.29, 1.82) is 0 Å². The van der Waals surface area contributed by atoms with Crippen molar-refractivity contribution < 1.29 is 14.6 Å². The molecule has 0 bridgehead atoms. The third kappa shape index (κ3) is 7.74. The molecule has 0 saturated carbocycles. The minimum absolute atomic E-state index is 0.0436. The second-order valence-corrected chi connectivity index (χ2v) is 7.82. The van der Waals surface area contributed by atoms with E-state index >= 15 is 0 Å². The summed E-state index contributed by atoms with van der Waals surface area (Å²) >= 11 is 6.04. The van der Waals surface area contributed by atoms with Gasteiger partial charge in [0.2, 0.25) is 5.91 Å². The first kappa shape index (κ1) is 24.4. The molecule has 0 fully saturated rings. The maximum Gasteiger partial charge on any atom is 0.230 e. The summed E-state index contributed by atoms with van der Waals surface area (Å²) in [6.07, 6.45) is 4.63. The molecule has 1 aromatic rings. The Bertz CT molecular complexity index is 732. The highest BCUT2D eigenvalue weighted by atomic mass is 35.5. The molecule has 1 amide bonds. The molecular weight excluding hydrogens is 402 g/mol. The Morgan fingerprint density at radius 3 is 2.77 bits per heavy atom. The lowest BCUT2D eigenvalue weighted by atomic mass is 9.94.